The molecule has 3 unspecified atom stereocenters. The number of carbonyl (C=O) groups excluding carboxylic acids is 2. The van der Waals surface area contributed by atoms with Crippen LogP contribution in [0.1, 0.15) is 44.2 Å². The van der Waals surface area contributed by atoms with Crippen LogP contribution in [0, 0.1) is 11.8 Å². The Labute approximate surface area is 150 Å². The van der Waals surface area contributed by atoms with Gasteiger partial charge in [0.25, 0.3) is 0 Å². The molecule has 25 heavy (non-hydrogen) atoms. The summed E-state index contributed by atoms with van der Waals surface area (Å²) in [4.78, 5) is 26.4. The van der Waals surface area contributed by atoms with E-state index in [0.29, 0.717) is 24.8 Å². The zero-order valence-electron chi connectivity index (χ0n) is 15.2. The number of fused-ring (bicyclic) bond motifs is 1. The van der Waals surface area contributed by atoms with Gasteiger partial charge in [0.05, 0.1) is 12.6 Å². The van der Waals surface area contributed by atoms with Crippen molar-refractivity contribution in [1.82, 2.24) is 10.2 Å². The van der Waals surface area contributed by atoms with Crippen LogP contribution in [0.25, 0.3) is 0 Å². The van der Waals surface area contributed by atoms with Crippen molar-refractivity contribution < 1.29 is 9.59 Å². The molecular weight excluding hydrogens is 314 g/mol. The number of nitrogens with two attached hydrogens (primary N) is 1. The first-order valence-corrected chi connectivity index (χ1v) is 9.35. The minimum absolute atomic E-state index is 0.00317. The maximum Gasteiger partial charge on any atom is 0.235 e. The molecule has 0 radical (unpaired) electrons. The Morgan fingerprint density at radius 3 is 2.64 bits per heavy atom. The van der Waals surface area contributed by atoms with Gasteiger partial charge in [0, 0.05) is 12.6 Å². The highest BCUT2D eigenvalue weighted by Gasteiger charge is 2.33. The van der Waals surface area contributed by atoms with Crippen LogP contribution in [0.3, 0.4) is 0 Å². The topological polar surface area (TPSA) is 75.4 Å². The molecule has 5 heteroatoms. The summed E-state index contributed by atoms with van der Waals surface area (Å²) in [5.41, 5.74) is 7.93. The third-order valence-electron chi connectivity index (χ3n) is 6.07. The normalized spacial score (nSPS) is 29.7. The molecule has 1 saturated carbocycles. The van der Waals surface area contributed by atoms with Gasteiger partial charge in [-0.05, 0) is 35.8 Å². The smallest absolute Gasteiger partial charge is 0.235 e. The average molecular weight is 343 g/mol. The molecule has 1 aromatic rings. The fourth-order valence-electron chi connectivity index (χ4n) is 4.25. The Balaban J connectivity index is 1.66. The van der Waals surface area contributed by atoms with Crippen LogP contribution in [0.5, 0.6) is 0 Å². The Bertz CT molecular complexity index is 646. The summed E-state index contributed by atoms with van der Waals surface area (Å²) in [6, 6.07) is 7.89. The largest absolute Gasteiger partial charge is 0.368 e. The molecule has 0 bridgehead atoms. The standard InChI is InChI=1S/C20H29N3O2/c1-13-6-5-9-17(14(13)2)22-19(24)12-23-11-16-8-4-3-7-15(16)10-18(23)20(21)25/h3-4,7-8,13-14,17-18H,5-6,9-12H2,1-2H3,(H2,21,25)(H,22,24)/t13?,14?,17?,18-/m0/s1. The Kier molecular flexibility index (Phi) is 5.42. The zero-order valence-corrected chi connectivity index (χ0v) is 15.2. The van der Waals surface area contributed by atoms with E-state index in [0.717, 1.165) is 18.4 Å². The Morgan fingerprint density at radius 1 is 1.20 bits per heavy atom. The summed E-state index contributed by atoms with van der Waals surface area (Å²) >= 11 is 0. The van der Waals surface area contributed by atoms with Crippen LogP contribution in [-0.4, -0.2) is 35.3 Å². The summed E-state index contributed by atoms with van der Waals surface area (Å²) < 4.78 is 0. The van der Waals surface area contributed by atoms with Crippen molar-refractivity contribution in [1.29, 1.82) is 0 Å². The van der Waals surface area contributed by atoms with Gasteiger partial charge in [-0.1, -0.05) is 51.0 Å². The molecule has 1 aliphatic heterocycles. The molecule has 0 aromatic heterocycles. The number of carbonyl (C=O) groups is 2. The third-order valence-corrected chi connectivity index (χ3v) is 6.07. The highest BCUT2D eigenvalue weighted by atomic mass is 16.2. The minimum Gasteiger partial charge on any atom is -0.368 e. The SMILES string of the molecule is CC1CCCC(NC(=O)CN2Cc3ccccc3C[C@H]2C(N)=O)C1C. The number of nitrogens with one attached hydrogen (secondary N) is 1. The second-order valence-electron chi connectivity index (χ2n) is 7.74. The number of rotatable bonds is 4. The molecule has 1 aromatic carbocycles. The lowest BCUT2D eigenvalue weighted by atomic mass is 9.78. The van der Waals surface area contributed by atoms with Gasteiger partial charge in [0.1, 0.15) is 0 Å². The number of hydrogen-bond donors (Lipinski definition) is 2. The number of primary amides is 1. The summed E-state index contributed by atoms with van der Waals surface area (Å²) in [6.07, 6.45) is 4.02. The molecule has 5 nitrogen and oxygen atoms in total. The number of amides is 2. The summed E-state index contributed by atoms with van der Waals surface area (Å²) in [5.74, 6) is 0.768. The predicted molar refractivity (Wildman–Crippen MR) is 97.6 cm³/mol. The van der Waals surface area contributed by atoms with Gasteiger partial charge in [-0.3, -0.25) is 14.5 Å². The van der Waals surface area contributed by atoms with Gasteiger partial charge in [0.15, 0.2) is 0 Å². The summed E-state index contributed by atoms with van der Waals surface area (Å²) in [7, 11) is 0. The first-order valence-electron chi connectivity index (χ1n) is 9.35. The third kappa shape index (κ3) is 4.03. The lowest BCUT2D eigenvalue weighted by Crippen LogP contribution is -2.53. The van der Waals surface area contributed by atoms with Crippen molar-refractivity contribution in [3.05, 3.63) is 35.4 Å². The summed E-state index contributed by atoms with van der Waals surface area (Å²) in [6.45, 7) is 5.29. The molecular formula is C20H29N3O2. The molecule has 0 saturated heterocycles. The molecule has 136 valence electrons. The Hall–Kier alpha value is -1.88. The van der Waals surface area contributed by atoms with E-state index in [-0.39, 0.29) is 24.4 Å². The van der Waals surface area contributed by atoms with E-state index in [1.807, 2.05) is 23.1 Å². The molecule has 3 rings (SSSR count). The van der Waals surface area contributed by atoms with Crippen LogP contribution in [0.2, 0.25) is 0 Å². The molecule has 1 aliphatic carbocycles. The lowest BCUT2D eigenvalue weighted by Gasteiger charge is -2.37. The van der Waals surface area contributed by atoms with Gasteiger partial charge in [-0.25, -0.2) is 0 Å². The monoisotopic (exact) mass is 343 g/mol. The van der Waals surface area contributed by atoms with Crippen molar-refractivity contribution in [2.24, 2.45) is 17.6 Å². The molecule has 1 fully saturated rings. The molecule has 4 atom stereocenters. The van der Waals surface area contributed by atoms with Crippen molar-refractivity contribution in [3.63, 3.8) is 0 Å². The average Bonchev–Trinajstić information content (AvgIpc) is 2.58. The molecule has 1 heterocycles. The van der Waals surface area contributed by atoms with Gasteiger partial charge in [-0.15, -0.1) is 0 Å². The van der Waals surface area contributed by atoms with Gasteiger partial charge < -0.3 is 11.1 Å². The molecule has 0 spiro atoms. The van der Waals surface area contributed by atoms with E-state index >= 15 is 0 Å². The van der Waals surface area contributed by atoms with E-state index in [1.54, 1.807) is 0 Å². The molecule has 2 amide bonds. The first kappa shape index (κ1) is 17.9. The second-order valence-corrected chi connectivity index (χ2v) is 7.74. The zero-order chi connectivity index (χ0) is 18.0. The van der Waals surface area contributed by atoms with Crippen LogP contribution in [0.15, 0.2) is 24.3 Å². The van der Waals surface area contributed by atoms with E-state index in [4.69, 9.17) is 5.73 Å². The van der Waals surface area contributed by atoms with Crippen molar-refractivity contribution in [3.8, 4) is 0 Å². The summed E-state index contributed by atoms with van der Waals surface area (Å²) in [5, 5.41) is 3.20. The highest BCUT2D eigenvalue weighted by molar-refractivity contribution is 5.83. The number of hydrogen-bond acceptors (Lipinski definition) is 3. The van der Waals surface area contributed by atoms with Gasteiger partial charge in [0.2, 0.25) is 11.8 Å². The van der Waals surface area contributed by atoms with E-state index < -0.39 is 6.04 Å². The van der Waals surface area contributed by atoms with Crippen LogP contribution in [0.4, 0.5) is 0 Å². The van der Waals surface area contributed by atoms with E-state index in [1.165, 1.54) is 12.0 Å². The van der Waals surface area contributed by atoms with Crippen molar-refractivity contribution >= 4 is 11.8 Å². The van der Waals surface area contributed by atoms with Crippen molar-refractivity contribution in [2.75, 3.05) is 6.54 Å². The number of nitrogens with zero attached hydrogens (tertiary/aromatic N) is 1. The fraction of sp³-hybridized carbons (Fsp3) is 0.600. The molecule has 3 N–H and O–H groups in total. The highest BCUT2D eigenvalue weighted by Crippen LogP contribution is 2.29. The van der Waals surface area contributed by atoms with Crippen molar-refractivity contribution in [2.45, 2.75) is 58.2 Å². The number of benzene rings is 1. The fourth-order valence-corrected chi connectivity index (χ4v) is 4.25. The maximum absolute atomic E-state index is 12.6. The van der Waals surface area contributed by atoms with Gasteiger partial charge in [-0.2, -0.15) is 0 Å². The minimum atomic E-state index is -0.414. The van der Waals surface area contributed by atoms with Gasteiger partial charge >= 0.3 is 0 Å². The van der Waals surface area contributed by atoms with Crippen LogP contribution in [-0.2, 0) is 22.6 Å². The van der Waals surface area contributed by atoms with Crippen LogP contribution < -0.4 is 11.1 Å². The molecule has 2 aliphatic rings. The Morgan fingerprint density at radius 2 is 1.92 bits per heavy atom. The second kappa shape index (κ2) is 7.56. The lowest BCUT2D eigenvalue weighted by molar-refractivity contribution is -0.128. The maximum atomic E-state index is 12.6. The van der Waals surface area contributed by atoms with E-state index in [9.17, 15) is 9.59 Å². The quantitative estimate of drug-likeness (QED) is 0.876. The predicted octanol–water partition coefficient (Wildman–Crippen LogP) is 1.84. The van der Waals surface area contributed by atoms with E-state index in [2.05, 4.69) is 25.2 Å². The first-order chi connectivity index (χ1) is 12.0. The van der Waals surface area contributed by atoms with Crippen LogP contribution >= 0.6 is 0 Å².